The van der Waals surface area contributed by atoms with E-state index < -0.39 is 5.76 Å². The molecule has 0 spiro atoms. The lowest BCUT2D eigenvalue weighted by molar-refractivity contribution is -0.121. The van der Waals surface area contributed by atoms with Crippen molar-refractivity contribution in [2.45, 2.75) is 19.5 Å². The SMILES string of the molecule is O=C(CCn1nc(-c2cccs2)oc1=O)NCc1ccc(Oc2ccc(F)cc2)cc1. The van der Waals surface area contributed by atoms with Gasteiger partial charge < -0.3 is 14.5 Å². The topological polar surface area (TPSA) is 86.4 Å². The molecule has 0 aliphatic rings. The highest BCUT2D eigenvalue weighted by Gasteiger charge is 2.12. The molecule has 0 radical (unpaired) electrons. The van der Waals surface area contributed by atoms with Crippen LogP contribution in [0.15, 0.2) is 75.3 Å². The second-order valence-corrected chi connectivity index (χ2v) is 7.55. The van der Waals surface area contributed by atoms with Crippen molar-refractivity contribution in [1.29, 1.82) is 0 Å². The zero-order valence-corrected chi connectivity index (χ0v) is 17.1. The first-order valence-electron chi connectivity index (χ1n) is 9.48. The van der Waals surface area contributed by atoms with Crippen LogP contribution < -0.4 is 15.8 Å². The molecule has 2 aromatic carbocycles. The van der Waals surface area contributed by atoms with Gasteiger partial charge in [-0.15, -0.1) is 16.4 Å². The molecule has 0 unspecified atom stereocenters. The van der Waals surface area contributed by atoms with E-state index in [0.717, 1.165) is 15.1 Å². The summed E-state index contributed by atoms with van der Waals surface area (Å²) < 4.78 is 24.9. The lowest BCUT2D eigenvalue weighted by Gasteiger charge is -2.08. The first-order chi connectivity index (χ1) is 15.1. The molecule has 0 aliphatic carbocycles. The average molecular weight is 439 g/mol. The second kappa shape index (κ2) is 9.40. The van der Waals surface area contributed by atoms with Crippen LogP contribution in [0.25, 0.3) is 10.8 Å². The summed E-state index contributed by atoms with van der Waals surface area (Å²) in [6.45, 7) is 0.466. The van der Waals surface area contributed by atoms with Gasteiger partial charge in [0.25, 0.3) is 5.89 Å². The predicted molar refractivity (Wildman–Crippen MR) is 113 cm³/mol. The number of carbonyl (C=O) groups excluding carboxylic acids is 1. The second-order valence-electron chi connectivity index (χ2n) is 6.60. The third kappa shape index (κ3) is 5.46. The van der Waals surface area contributed by atoms with E-state index in [2.05, 4.69) is 10.4 Å². The quantitative estimate of drug-likeness (QED) is 0.445. The number of benzene rings is 2. The van der Waals surface area contributed by atoms with Crippen LogP contribution >= 0.6 is 11.3 Å². The molecular formula is C22H18FN3O4S. The number of rotatable bonds is 8. The van der Waals surface area contributed by atoms with E-state index in [1.54, 1.807) is 24.3 Å². The Morgan fingerprint density at radius 2 is 1.81 bits per heavy atom. The number of nitrogens with one attached hydrogen (secondary N) is 1. The Balaban J connectivity index is 1.25. The molecule has 0 aliphatic heterocycles. The van der Waals surface area contributed by atoms with E-state index in [1.807, 2.05) is 29.6 Å². The minimum absolute atomic E-state index is 0.0993. The van der Waals surface area contributed by atoms with Gasteiger partial charge in [-0.2, -0.15) is 4.68 Å². The molecule has 0 saturated carbocycles. The number of nitrogens with zero attached hydrogens (tertiary/aromatic N) is 2. The van der Waals surface area contributed by atoms with E-state index in [-0.39, 0.29) is 30.6 Å². The summed E-state index contributed by atoms with van der Waals surface area (Å²) >= 11 is 1.42. The lowest BCUT2D eigenvalue weighted by atomic mass is 10.2. The minimum Gasteiger partial charge on any atom is -0.457 e. The van der Waals surface area contributed by atoms with Crippen LogP contribution in [0, 0.1) is 5.82 Å². The molecule has 4 aromatic rings. The van der Waals surface area contributed by atoms with E-state index in [4.69, 9.17) is 9.15 Å². The maximum atomic E-state index is 12.9. The summed E-state index contributed by atoms with van der Waals surface area (Å²) in [5, 5.41) is 8.79. The number of ether oxygens (including phenoxy) is 1. The number of hydrogen-bond acceptors (Lipinski definition) is 6. The highest BCUT2D eigenvalue weighted by atomic mass is 32.1. The Bertz CT molecular complexity index is 1200. The fourth-order valence-electron chi connectivity index (χ4n) is 2.76. The number of aryl methyl sites for hydroxylation is 1. The van der Waals surface area contributed by atoms with Crippen LogP contribution in [-0.2, 0) is 17.9 Å². The number of amides is 1. The number of aromatic nitrogens is 2. The van der Waals surface area contributed by atoms with Crippen molar-refractivity contribution in [3.05, 3.63) is 88.0 Å². The van der Waals surface area contributed by atoms with Gasteiger partial charge in [0.15, 0.2) is 0 Å². The Hall–Kier alpha value is -3.72. The van der Waals surface area contributed by atoms with Crippen molar-refractivity contribution in [2.24, 2.45) is 0 Å². The van der Waals surface area contributed by atoms with Crippen LogP contribution in [0.4, 0.5) is 4.39 Å². The van der Waals surface area contributed by atoms with Crippen LogP contribution in [0.1, 0.15) is 12.0 Å². The van der Waals surface area contributed by atoms with Gasteiger partial charge in [-0.3, -0.25) is 4.79 Å². The number of hydrogen-bond donors (Lipinski definition) is 1. The zero-order valence-electron chi connectivity index (χ0n) is 16.3. The van der Waals surface area contributed by atoms with Crippen molar-refractivity contribution in [3.8, 4) is 22.3 Å². The van der Waals surface area contributed by atoms with Crippen LogP contribution in [0.2, 0.25) is 0 Å². The zero-order chi connectivity index (χ0) is 21.6. The normalized spacial score (nSPS) is 10.7. The Morgan fingerprint density at radius 1 is 1.10 bits per heavy atom. The summed E-state index contributed by atoms with van der Waals surface area (Å²) in [6, 6.07) is 16.6. The molecule has 0 saturated heterocycles. The molecule has 2 aromatic heterocycles. The van der Waals surface area contributed by atoms with Crippen LogP contribution in [0.5, 0.6) is 11.5 Å². The molecule has 0 bridgehead atoms. The standard InChI is InChI=1S/C22H18FN3O4S/c23-16-5-9-18(10-6-16)29-17-7-3-15(4-8-17)14-24-20(27)11-12-26-22(28)30-21(25-26)19-2-1-13-31-19/h1-10,13H,11-12,14H2,(H,24,27). The van der Waals surface area contributed by atoms with Gasteiger partial charge >= 0.3 is 5.76 Å². The number of thiophene rings is 1. The van der Waals surface area contributed by atoms with E-state index >= 15 is 0 Å². The largest absolute Gasteiger partial charge is 0.457 e. The fourth-order valence-corrected chi connectivity index (χ4v) is 3.40. The highest BCUT2D eigenvalue weighted by molar-refractivity contribution is 7.13. The van der Waals surface area contributed by atoms with Gasteiger partial charge in [-0.25, -0.2) is 9.18 Å². The van der Waals surface area contributed by atoms with Crippen molar-refractivity contribution in [2.75, 3.05) is 0 Å². The van der Waals surface area contributed by atoms with Crippen LogP contribution in [-0.4, -0.2) is 15.7 Å². The predicted octanol–water partition coefficient (Wildman–Crippen LogP) is 4.20. The van der Waals surface area contributed by atoms with Crippen LogP contribution in [0.3, 0.4) is 0 Å². The summed E-state index contributed by atoms with van der Waals surface area (Å²) in [6.07, 6.45) is 0.0993. The number of carbonyl (C=O) groups is 1. The van der Waals surface area contributed by atoms with E-state index in [0.29, 0.717) is 18.0 Å². The molecule has 4 rings (SSSR count). The Morgan fingerprint density at radius 3 is 2.48 bits per heavy atom. The highest BCUT2D eigenvalue weighted by Crippen LogP contribution is 2.22. The van der Waals surface area contributed by atoms with E-state index in [9.17, 15) is 14.0 Å². The molecule has 2 heterocycles. The van der Waals surface area contributed by atoms with Gasteiger partial charge in [-0.05, 0) is 53.4 Å². The Labute approximate surface area is 180 Å². The fraction of sp³-hybridized carbons (Fsp3) is 0.136. The monoisotopic (exact) mass is 439 g/mol. The van der Waals surface area contributed by atoms with Crippen molar-refractivity contribution < 1.29 is 18.3 Å². The van der Waals surface area contributed by atoms with Gasteiger partial charge in [0, 0.05) is 13.0 Å². The summed E-state index contributed by atoms with van der Waals surface area (Å²) in [4.78, 5) is 24.8. The smallest absolute Gasteiger partial charge is 0.437 e. The maximum Gasteiger partial charge on any atom is 0.437 e. The molecule has 0 fully saturated rings. The molecule has 31 heavy (non-hydrogen) atoms. The van der Waals surface area contributed by atoms with Crippen molar-refractivity contribution in [3.63, 3.8) is 0 Å². The van der Waals surface area contributed by atoms with Gasteiger partial charge in [0.2, 0.25) is 5.91 Å². The summed E-state index contributed by atoms with van der Waals surface area (Å²) in [5.41, 5.74) is 0.887. The molecule has 0 atom stereocenters. The first-order valence-corrected chi connectivity index (χ1v) is 10.4. The maximum absolute atomic E-state index is 12.9. The average Bonchev–Trinajstić information content (AvgIpc) is 3.43. The number of halogens is 1. The van der Waals surface area contributed by atoms with Gasteiger partial charge in [0.1, 0.15) is 17.3 Å². The molecule has 7 nitrogen and oxygen atoms in total. The van der Waals surface area contributed by atoms with E-state index in [1.165, 1.54) is 23.5 Å². The third-order valence-corrected chi connectivity index (χ3v) is 5.21. The Kier molecular flexibility index (Phi) is 6.23. The summed E-state index contributed by atoms with van der Waals surface area (Å²) in [7, 11) is 0. The van der Waals surface area contributed by atoms with Crippen molar-refractivity contribution in [1.82, 2.24) is 15.1 Å². The molecular weight excluding hydrogens is 421 g/mol. The minimum atomic E-state index is -0.590. The first kappa shape index (κ1) is 20.5. The van der Waals surface area contributed by atoms with Crippen molar-refractivity contribution >= 4 is 17.2 Å². The molecule has 158 valence electrons. The van der Waals surface area contributed by atoms with Gasteiger partial charge in [-0.1, -0.05) is 18.2 Å². The third-order valence-electron chi connectivity index (χ3n) is 4.35. The molecule has 1 N–H and O–H groups in total. The van der Waals surface area contributed by atoms with Gasteiger partial charge in [0.05, 0.1) is 11.4 Å². The lowest BCUT2D eigenvalue weighted by Crippen LogP contribution is -2.26. The molecule has 1 amide bonds. The summed E-state index contributed by atoms with van der Waals surface area (Å²) in [5.74, 6) is 0.270. The molecule has 9 heteroatoms.